The van der Waals surface area contributed by atoms with Crippen LogP contribution in [0.15, 0.2) is 24.4 Å². The van der Waals surface area contributed by atoms with Crippen LogP contribution in [-0.2, 0) is 11.3 Å². The van der Waals surface area contributed by atoms with Gasteiger partial charge in [0.25, 0.3) is 5.91 Å². The van der Waals surface area contributed by atoms with Gasteiger partial charge in [0.05, 0.1) is 29.6 Å². The number of nitrogens with zero attached hydrogens (tertiary/aromatic N) is 3. The number of imidazole rings is 1. The molecule has 1 aliphatic rings. The van der Waals surface area contributed by atoms with Gasteiger partial charge in [0.2, 0.25) is 0 Å². The van der Waals surface area contributed by atoms with Crippen molar-refractivity contribution in [3.8, 4) is 0 Å². The third-order valence-corrected chi connectivity index (χ3v) is 5.85. The molecule has 1 saturated heterocycles. The number of halogens is 1. The van der Waals surface area contributed by atoms with E-state index in [9.17, 15) is 4.79 Å². The Morgan fingerprint density at radius 2 is 2.11 bits per heavy atom. The number of anilines is 1. The number of rotatable bonds is 4. The highest BCUT2D eigenvalue weighted by Gasteiger charge is 2.18. The summed E-state index contributed by atoms with van der Waals surface area (Å²) in [6.45, 7) is 7.40. The van der Waals surface area contributed by atoms with Crippen molar-refractivity contribution in [2.45, 2.75) is 20.4 Å². The number of amides is 1. The minimum atomic E-state index is -0.133. The molecule has 3 heterocycles. The Morgan fingerprint density at radius 1 is 1.33 bits per heavy atom. The number of carbonyl (C=O) groups is 1. The normalized spacial score (nSPS) is 14.7. The molecule has 0 unspecified atom stereocenters. The van der Waals surface area contributed by atoms with Gasteiger partial charge in [-0.1, -0.05) is 17.7 Å². The van der Waals surface area contributed by atoms with Gasteiger partial charge < -0.3 is 15.0 Å². The molecule has 142 valence electrons. The molecule has 2 aromatic heterocycles. The summed E-state index contributed by atoms with van der Waals surface area (Å²) in [6, 6.07) is 5.93. The van der Waals surface area contributed by atoms with Crippen LogP contribution in [-0.4, -0.2) is 41.6 Å². The number of benzene rings is 1. The van der Waals surface area contributed by atoms with E-state index < -0.39 is 0 Å². The first-order valence-corrected chi connectivity index (χ1v) is 10.1. The summed E-state index contributed by atoms with van der Waals surface area (Å²) in [7, 11) is 0. The predicted octanol–water partition coefficient (Wildman–Crippen LogP) is 3.43. The van der Waals surface area contributed by atoms with Crippen molar-refractivity contribution in [1.82, 2.24) is 14.7 Å². The second-order valence-electron chi connectivity index (χ2n) is 6.61. The Hall–Kier alpha value is -2.09. The third-order valence-electron chi connectivity index (χ3n) is 4.65. The van der Waals surface area contributed by atoms with Gasteiger partial charge in [-0.15, -0.1) is 11.3 Å². The van der Waals surface area contributed by atoms with E-state index in [-0.39, 0.29) is 5.91 Å². The quantitative estimate of drug-likeness (QED) is 0.723. The molecule has 1 aromatic carbocycles. The molecule has 0 spiro atoms. The Balaban J connectivity index is 1.47. The van der Waals surface area contributed by atoms with E-state index in [0.717, 1.165) is 53.1 Å². The van der Waals surface area contributed by atoms with Gasteiger partial charge in [0.1, 0.15) is 5.69 Å². The van der Waals surface area contributed by atoms with Crippen LogP contribution in [0.2, 0.25) is 5.02 Å². The number of morpholine rings is 1. The number of aromatic nitrogens is 2. The second kappa shape index (κ2) is 7.50. The third kappa shape index (κ3) is 3.67. The van der Waals surface area contributed by atoms with Gasteiger partial charge >= 0.3 is 0 Å². The maximum absolute atomic E-state index is 12.7. The van der Waals surface area contributed by atoms with Gasteiger partial charge in [-0.3, -0.25) is 9.20 Å². The molecule has 1 N–H and O–H groups in total. The molecule has 6 nitrogen and oxygen atoms in total. The number of carbonyl (C=O) groups excluding carboxylic acids is 1. The lowest BCUT2D eigenvalue weighted by Crippen LogP contribution is -2.36. The summed E-state index contributed by atoms with van der Waals surface area (Å²) in [5, 5.41) is 3.68. The van der Waals surface area contributed by atoms with Crippen molar-refractivity contribution >= 4 is 39.5 Å². The minimum Gasteiger partial charge on any atom is -0.378 e. The summed E-state index contributed by atoms with van der Waals surface area (Å²) in [5.41, 5.74) is 3.30. The second-order valence-corrected chi connectivity index (χ2v) is 8.23. The van der Waals surface area contributed by atoms with Crippen molar-refractivity contribution in [2.75, 3.05) is 31.2 Å². The van der Waals surface area contributed by atoms with E-state index in [0.29, 0.717) is 17.3 Å². The maximum Gasteiger partial charge on any atom is 0.270 e. The van der Waals surface area contributed by atoms with Crippen LogP contribution in [0.4, 0.5) is 5.69 Å². The van der Waals surface area contributed by atoms with Crippen LogP contribution in [0.1, 0.15) is 26.6 Å². The number of thiazole rings is 1. The predicted molar refractivity (Wildman–Crippen MR) is 108 cm³/mol. The van der Waals surface area contributed by atoms with E-state index in [1.165, 1.54) is 0 Å². The van der Waals surface area contributed by atoms with Crippen molar-refractivity contribution < 1.29 is 9.53 Å². The molecule has 1 amide bonds. The van der Waals surface area contributed by atoms with Gasteiger partial charge in [-0.05, 0) is 31.5 Å². The first kappa shape index (κ1) is 18.3. The molecule has 0 atom stereocenters. The van der Waals surface area contributed by atoms with Crippen LogP contribution in [0.25, 0.3) is 4.96 Å². The van der Waals surface area contributed by atoms with Gasteiger partial charge in [-0.25, -0.2) is 4.98 Å². The van der Waals surface area contributed by atoms with E-state index in [1.807, 2.05) is 42.6 Å². The van der Waals surface area contributed by atoms with Crippen molar-refractivity contribution in [2.24, 2.45) is 0 Å². The van der Waals surface area contributed by atoms with Crippen molar-refractivity contribution in [1.29, 1.82) is 0 Å². The Bertz CT molecular complexity index is 991. The average molecular weight is 405 g/mol. The number of nitrogens with one attached hydrogen (secondary N) is 1. The fraction of sp³-hybridized carbons (Fsp3) is 0.368. The number of fused-ring (bicyclic) bond motifs is 1. The summed E-state index contributed by atoms with van der Waals surface area (Å²) in [5.74, 6) is -0.133. The number of hydrogen-bond donors (Lipinski definition) is 1. The van der Waals surface area contributed by atoms with Crippen LogP contribution >= 0.6 is 22.9 Å². The van der Waals surface area contributed by atoms with Crippen LogP contribution in [0, 0.1) is 13.8 Å². The smallest absolute Gasteiger partial charge is 0.270 e. The van der Waals surface area contributed by atoms with Crippen molar-refractivity contribution in [3.63, 3.8) is 0 Å². The highest BCUT2D eigenvalue weighted by Crippen LogP contribution is 2.27. The Morgan fingerprint density at radius 3 is 2.85 bits per heavy atom. The zero-order valence-corrected chi connectivity index (χ0v) is 16.9. The molecule has 8 heteroatoms. The Kier molecular flexibility index (Phi) is 5.08. The molecular weight excluding hydrogens is 384 g/mol. The zero-order chi connectivity index (χ0) is 19.0. The minimum absolute atomic E-state index is 0.133. The molecule has 1 fully saturated rings. The van der Waals surface area contributed by atoms with Gasteiger partial charge in [0.15, 0.2) is 4.96 Å². The lowest BCUT2D eigenvalue weighted by Gasteiger charge is -2.29. The number of ether oxygens (including phenoxy) is 1. The fourth-order valence-electron chi connectivity index (χ4n) is 3.33. The summed E-state index contributed by atoms with van der Waals surface area (Å²) < 4.78 is 7.25. The monoisotopic (exact) mass is 404 g/mol. The summed E-state index contributed by atoms with van der Waals surface area (Å²) >= 11 is 8.05. The maximum atomic E-state index is 12.7. The van der Waals surface area contributed by atoms with Gasteiger partial charge in [0, 0.05) is 30.7 Å². The first-order valence-electron chi connectivity index (χ1n) is 8.87. The summed E-state index contributed by atoms with van der Waals surface area (Å²) in [6.07, 6.45) is 1.95. The first-order chi connectivity index (χ1) is 13.0. The van der Waals surface area contributed by atoms with E-state index in [2.05, 4.69) is 15.2 Å². The average Bonchev–Trinajstić information content (AvgIpc) is 3.14. The standard InChI is InChI=1S/C19H21ClN4O2S/c1-12-11-24-17(13(2)22-19(24)27-12)18(25)21-10-14-3-4-16(15(20)9-14)23-5-7-26-8-6-23/h3-4,9,11H,5-8,10H2,1-2H3,(H,21,25). The van der Waals surface area contributed by atoms with E-state index in [1.54, 1.807) is 11.3 Å². The largest absolute Gasteiger partial charge is 0.378 e. The molecule has 3 aromatic rings. The number of hydrogen-bond acceptors (Lipinski definition) is 5. The highest BCUT2D eigenvalue weighted by molar-refractivity contribution is 7.17. The molecule has 0 bridgehead atoms. The van der Waals surface area contributed by atoms with Crippen LogP contribution in [0.3, 0.4) is 0 Å². The molecule has 0 saturated carbocycles. The zero-order valence-electron chi connectivity index (χ0n) is 15.3. The molecule has 27 heavy (non-hydrogen) atoms. The van der Waals surface area contributed by atoms with E-state index >= 15 is 0 Å². The van der Waals surface area contributed by atoms with E-state index in [4.69, 9.17) is 16.3 Å². The number of aryl methyl sites for hydroxylation is 2. The fourth-order valence-corrected chi connectivity index (χ4v) is 4.52. The Labute approximate surface area is 166 Å². The molecule has 1 aliphatic heterocycles. The molecule has 0 radical (unpaired) electrons. The van der Waals surface area contributed by atoms with Gasteiger partial charge in [-0.2, -0.15) is 0 Å². The topological polar surface area (TPSA) is 58.9 Å². The lowest BCUT2D eigenvalue weighted by molar-refractivity contribution is 0.0944. The summed E-state index contributed by atoms with van der Waals surface area (Å²) in [4.78, 5) is 21.4. The lowest BCUT2D eigenvalue weighted by atomic mass is 10.1. The molecule has 4 rings (SSSR count). The SMILES string of the molecule is Cc1cn2c(C(=O)NCc3ccc(N4CCOCC4)c(Cl)c3)c(C)nc2s1. The highest BCUT2D eigenvalue weighted by atomic mass is 35.5. The van der Waals surface area contributed by atoms with Crippen molar-refractivity contribution in [3.05, 3.63) is 51.2 Å². The molecular formula is C19H21ClN4O2S. The molecule has 0 aliphatic carbocycles. The van der Waals surface area contributed by atoms with Crippen LogP contribution in [0.5, 0.6) is 0 Å². The van der Waals surface area contributed by atoms with Crippen LogP contribution < -0.4 is 10.2 Å².